The van der Waals surface area contributed by atoms with Crippen LogP contribution in [0.3, 0.4) is 0 Å². The van der Waals surface area contributed by atoms with Crippen LogP contribution in [0.2, 0.25) is 0 Å². The van der Waals surface area contributed by atoms with E-state index in [1.165, 1.54) is 5.38 Å². The number of rotatable bonds is 9. The van der Waals surface area contributed by atoms with E-state index in [2.05, 4.69) is 29.3 Å². The van der Waals surface area contributed by atoms with Gasteiger partial charge in [0, 0.05) is 30.5 Å². The van der Waals surface area contributed by atoms with E-state index in [0.717, 1.165) is 45.2 Å². The van der Waals surface area contributed by atoms with Crippen LogP contribution >= 0.6 is 11.3 Å². The number of nitrogen functional groups attached to an aromatic ring is 1. The monoisotopic (exact) mass is 729 g/mol. The zero-order chi connectivity index (χ0) is 36.8. The summed E-state index contributed by atoms with van der Waals surface area (Å²) in [6, 6.07) is -2.11. The maximum Gasteiger partial charge on any atom is 0.372 e. The van der Waals surface area contributed by atoms with Crippen LogP contribution < -0.4 is 16.7 Å². The maximum atomic E-state index is 13.6. The van der Waals surface area contributed by atoms with Crippen molar-refractivity contribution in [3.05, 3.63) is 40.0 Å². The lowest BCUT2D eigenvalue weighted by atomic mass is 9.46. The fourth-order valence-electron chi connectivity index (χ4n) is 7.29. The number of imidazole rings is 1. The van der Waals surface area contributed by atoms with Crippen molar-refractivity contribution in [2.45, 2.75) is 62.9 Å². The molecule has 5 atom stereocenters. The average molecular weight is 730 g/mol. The van der Waals surface area contributed by atoms with E-state index >= 15 is 0 Å². The van der Waals surface area contributed by atoms with Crippen LogP contribution in [0.15, 0.2) is 33.8 Å². The van der Waals surface area contributed by atoms with Crippen molar-refractivity contribution in [3.63, 3.8) is 0 Å². The van der Waals surface area contributed by atoms with Crippen molar-refractivity contribution >= 4 is 57.4 Å². The second-order valence-electron chi connectivity index (χ2n) is 13.6. The van der Waals surface area contributed by atoms with Gasteiger partial charge < -0.3 is 41.1 Å². The molecule has 270 valence electrons. The zero-order valence-corrected chi connectivity index (χ0v) is 27.7. The first-order valence-corrected chi connectivity index (χ1v) is 16.5. The van der Waals surface area contributed by atoms with Gasteiger partial charge in [-0.2, -0.15) is 5.06 Å². The number of hydroxylamine groups is 2. The third-order valence-electron chi connectivity index (χ3n) is 10.5. The van der Waals surface area contributed by atoms with Gasteiger partial charge in [0.25, 0.3) is 11.8 Å². The van der Waals surface area contributed by atoms with Crippen LogP contribution in [0, 0.1) is 17.3 Å². The Labute approximate surface area is 289 Å². The Hall–Kier alpha value is -5.70. The molecule has 5 fully saturated rings. The number of amides is 2. The third-order valence-corrected chi connectivity index (χ3v) is 11.1. The molecule has 0 radical (unpaired) electrons. The summed E-state index contributed by atoms with van der Waals surface area (Å²) in [5, 5.41) is 48.0. The number of fused-ring (bicyclic) bond motifs is 3. The lowest BCUT2D eigenvalue weighted by molar-refractivity contribution is -0.256. The number of hydrogen-bond acceptors (Lipinski definition) is 15. The fraction of sp³-hybridized carbons (Fsp3) is 0.467. The van der Waals surface area contributed by atoms with E-state index in [1.54, 1.807) is 0 Å². The number of aromatic hydroxyl groups is 2. The van der Waals surface area contributed by atoms with Crippen LogP contribution in [0.1, 0.15) is 51.3 Å². The van der Waals surface area contributed by atoms with Gasteiger partial charge in [0.05, 0.1) is 18.1 Å². The molecule has 5 heterocycles. The van der Waals surface area contributed by atoms with E-state index in [1.807, 2.05) is 0 Å². The van der Waals surface area contributed by atoms with Gasteiger partial charge in [0.15, 0.2) is 22.3 Å². The van der Waals surface area contributed by atoms with Crippen molar-refractivity contribution in [1.82, 2.24) is 24.3 Å². The third kappa shape index (κ3) is 5.13. The molecule has 3 aliphatic carbocycles. The van der Waals surface area contributed by atoms with Crippen LogP contribution in [0.4, 0.5) is 5.13 Å². The molecule has 8 rings (SSSR count). The molecule has 4 unspecified atom stereocenters. The number of hydrogen-bond donors (Lipinski definition) is 6. The first-order valence-electron chi connectivity index (χ1n) is 15.6. The number of aliphatic carboxylic acids is 2. The normalized spacial score (nSPS) is 29.8. The summed E-state index contributed by atoms with van der Waals surface area (Å²) in [7, 11) is 0. The maximum absolute atomic E-state index is 13.6. The van der Waals surface area contributed by atoms with E-state index < -0.39 is 89.1 Å². The minimum atomic E-state index is -2.77. The Balaban J connectivity index is 1.12. The van der Waals surface area contributed by atoms with E-state index in [9.17, 15) is 49.2 Å². The fourth-order valence-corrected chi connectivity index (χ4v) is 7.84. The number of carboxylic acids is 2. The predicted octanol–water partition coefficient (Wildman–Crippen LogP) is -0.221. The number of esters is 1. The molecule has 3 aromatic heterocycles. The number of carbonyl (C=O) groups is 5. The molecule has 5 aliphatic rings. The summed E-state index contributed by atoms with van der Waals surface area (Å²) in [6.07, 6.45) is 2.37. The number of nitrogens with one attached hydrogen (secondary N) is 1. The van der Waals surface area contributed by atoms with Gasteiger partial charge in [-0.05, 0) is 23.7 Å². The largest absolute Gasteiger partial charge is 0.504 e. The Morgan fingerprint density at radius 3 is 2.39 bits per heavy atom. The first kappa shape index (κ1) is 33.8. The molecule has 0 aromatic carbocycles. The summed E-state index contributed by atoms with van der Waals surface area (Å²) < 4.78 is 6.94. The molecule has 2 saturated heterocycles. The number of oxime groups is 1. The molecule has 2 bridgehead atoms. The molecular formula is C30H31N7O13S. The summed E-state index contributed by atoms with van der Waals surface area (Å²) in [6.45, 7) is 3.50. The van der Waals surface area contributed by atoms with Gasteiger partial charge in [0.2, 0.25) is 5.60 Å². The smallest absolute Gasteiger partial charge is 0.372 e. The number of carboxylic acid groups (broad SMARTS) is 2. The average Bonchev–Trinajstić information content (AvgIpc) is 3.83. The molecule has 3 aromatic rings. The second-order valence-corrected chi connectivity index (χ2v) is 14.5. The highest BCUT2D eigenvalue weighted by atomic mass is 32.1. The highest BCUT2D eigenvalue weighted by molar-refractivity contribution is 7.13. The predicted molar refractivity (Wildman–Crippen MR) is 169 cm³/mol. The summed E-state index contributed by atoms with van der Waals surface area (Å²) >= 11 is 0.959. The zero-order valence-electron chi connectivity index (χ0n) is 26.8. The van der Waals surface area contributed by atoms with Gasteiger partial charge >= 0.3 is 29.3 Å². The first-order chi connectivity index (χ1) is 24.0. The van der Waals surface area contributed by atoms with Gasteiger partial charge in [-0.1, -0.05) is 19.0 Å². The summed E-state index contributed by atoms with van der Waals surface area (Å²) in [4.78, 5) is 93.5. The number of nitrogens with two attached hydrogens (primary N) is 1. The van der Waals surface area contributed by atoms with Crippen LogP contribution in [-0.4, -0.2) is 98.8 Å². The molecule has 2 amide bonds. The van der Waals surface area contributed by atoms with E-state index in [4.69, 9.17) is 20.1 Å². The molecule has 2 aliphatic heterocycles. The minimum Gasteiger partial charge on any atom is -0.504 e. The number of ether oxygens (including phenoxy) is 1. The minimum absolute atomic E-state index is 0.0499. The summed E-state index contributed by atoms with van der Waals surface area (Å²) in [5.41, 5.74) is -0.229. The van der Waals surface area contributed by atoms with Crippen molar-refractivity contribution in [1.29, 1.82) is 0 Å². The van der Waals surface area contributed by atoms with E-state index in [0.29, 0.717) is 5.06 Å². The Morgan fingerprint density at radius 1 is 1.08 bits per heavy atom. The number of nitrogens with zero attached hydrogens (tertiary/aromatic N) is 5. The van der Waals surface area contributed by atoms with Crippen molar-refractivity contribution in [3.8, 4) is 11.5 Å². The number of pyridine rings is 1. The molecular weight excluding hydrogens is 698 g/mol. The van der Waals surface area contributed by atoms with Crippen LogP contribution in [0.5, 0.6) is 11.5 Å². The summed E-state index contributed by atoms with van der Waals surface area (Å²) in [5.74, 6) is -7.57. The quantitative estimate of drug-likeness (QED) is 0.0943. The van der Waals surface area contributed by atoms with Crippen LogP contribution in [-0.2, 0) is 38.4 Å². The SMILES string of the molecule is CC1(C)C2CC1CC(O/N=C(\C(=O)N[C@H]1CON(C3(C(=O)O)CC(n4cc5cc(O)c(O)cn5c4=O)C(=O)O3)C1=O)c1csc(N)n1)(C(=O)O)C2. The lowest BCUT2D eigenvalue weighted by Crippen LogP contribution is -2.60. The molecule has 51 heavy (non-hydrogen) atoms. The molecule has 7 N–H and O–H groups in total. The topological polar surface area (TPSA) is 287 Å². The Kier molecular flexibility index (Phi) is 7.56. The number of carbonyl (C=O) groups excluding carboxylic acids is 3. The van der Waals surface area contributed by atoms with Crippen molar-refractivity contribution in [2.24, 2.45) is 22.4 Å². The second kappa shape index (κ2) is 11.4. The molecule has 0 spiro atoms. The van der Waals surface area contributed by atoms with Gasteiger partial charge in [-0.15, -0.1) is 11.3 Å². The highest BCUT2D eigenvalue weighted by Crippen LogP contribution is 2.62. The number of aromatic nitrogens is 3. The van der Waals surface area contributed by atoms with Gasteiger partial charge in [-0.3, -0.25) is 23.4 Å². The van der Waals surface area contributed by atoms with Gasteiger partial charge in [-0.25, -0.2) is 24.2 Å². The molecule has 21 heteroatoms. The van der Waals surface area contributed by atoms with Crippen LogP contribution in [0.25, 0.3) is 5.52 Å². The van der Waals surface area contributed by atoms with Gasteiger partial charge in [0.1, 0.15) is 24.4 Å². The number of cyclic esters (lactones) is 1. The number of anilines is 1. The van der Waals surface area contributed by atoms with Crippen molar-refractivity contribution in [2.75, 3.05) is 12.3 Å². The standard InChI is InChI=1S/C30H31N7O13S/c1-28(2)12-3-13(28)6-29(5-12,24(43)44)50-34-20(16-11-51-26(31)33-16)21(40)32-15-10-48-37(22(15)41)30(25(45)46)7-17(23(42)49-30)36-8-14-4-18(38)19(39)9-35(14)27(36)47/h4,8-9,11-13,15,17,38-39H,3,5-7,10H2,1-2H3,(H2,31,33)(H,32,40)(H,43,44)(H,45,46)/b34-20-/t12?,13?,15-,17?,29?,30?/m0/s1. The lowest BCUT2D eigenvalue weighted by Gasteiger charge is -2.60. The van der Waals surface area contributed by atoms with E-state index in [-0.39, 0.29) is 46.4 Å². The highest BCUT2D eigenvalue weighted by Gasteiger charge is 2.64. The molecule has 3 saturated carbocycles. The van der Waals surface area contributed by atoms with Crippen molar-refractivity contribution < 1.29 is 58.8 Å². The Morgan fingerprint density at radius 2 is 1.78 bits per heavy atom. The molecule has 20 nitrogen and oxygen atoms in total. The Bertz CT molecular complexity index is 2110. The number of thiazole rings is 1.